The molecule has 1 heterocycles. The zero-order valence-corrected chi connectivity index (χ0v) is 21.4. The van der Waals surface area contributed by atoms with Crippen LogP contribution >= 0.6 is 0 Å². The third-order valence-electron chi connectivity index (χ3n) is 5.90. The van der Waals surface area contributed by atoms with Crippen molar-refractivity contribution in [1.29, 1.82) is 0 Å². The van der Waals surface area contributed by atoms with Crippen LogP contribution in [0.25, 0.3) is 22.5 Å². The number of H-pyrrole nitrogens is 1. The Morgan fingerprint density at radius 2 is 1.76 bits per heavy atom. The molecule has 0 aliphatic carbocycles. The number of nitrogens with one attached hydrogen (secondary N) is 1. The van der Waals surface area contributed by atoms with Crippen LogP contribution in [-0.2, 0) is 11.3 Å². The van der Waals surface area contributed by atoms with E-state index in [1.54, 1.807) is 31.4 Å². The summed E-state index contributed by atoms with van der Waals surface area (Å²) >= 11 is 0. The first-order chi connectivity index (χ1) is 18.4. The van der Waals surface area contributed by atoms with E-state index in [1.807, 2.05) is 49.4 Å². The minimum absolute atomic E-state index is 0.105. The fourth-order valence-corrected chi connectivity index (χ4v) is 4.00. The smallest absolute Gasteiger partial charge is 0.338 e. The molecule has 0 saturated carbocycles. The number of carbonyl (C=O) groups excluding carboxylic acids is 1. The van der Waals surface area contributed by atoms with Gasteiger partial charge in [-0.05, 0) is 53.9 Å². The normalized spacial score (nSPS) is 10.6. The first-order valence-electron chi connectivity index (χ1n) is 11.9. The first kappa shape index (κ1) is 26.2. The van der Waals surface area contributed by atoms with Crippen molar-refractivity contribution in [1.82, 2.24) is 9.97 Å². The highest BCUT2D eigenvalue weighted by atomic mass is 16.5. The number of benzene rings is 3. The molecule has 196 valence electrons. The van der Waals surface area contributed by atoms with Crippen molar-refractivity contribution in [3.05, 3.63) is 88.2 Å². The monoisotopic (exact) mass is 515 g/mol. The van der Waals surface area contributed by atoms with Crippen LogP contribution in [0, 0.1) is 0 Å². The third-order valence-corrected chi connectivity index (χ3v) is 5.90. The predicted octanol–water partition coefficient (Wildman–Crippen LogP) is 3.76. The molecule has 0 amide bonds. The van der Waals surface area contributed by atoms with Crippen molar-refractivity contribution in [2.75, 3.05) is 31.6 Å². The zero-order chi connectivity index (χ0) is 27.2. The summed E-state index contributed by atoms with van der Waals surface area (Å²) in [6.45, 7) is 2.47. The Kier molecular flexibility index (Phi) is 7.93. The number of esters is 1. The van der Waals surface area contributed by atoms with Crippen molar-refractivity contribution >= 4 is 17.5 Å². The van der Waals surface area contributed by atoms with Gasteiger partial charge in [-0.25, -0.2) is 15.6 Å². The van der Waals surface area contributed by atoms with Crippen LogP contribution in [0.15, 0.2) is 71.5 Å². The Morgan fingerprint density at radius 3 is 2.45 bits per heavy atom. The molecule has 5 N–H and O–H groups in total. The van der Waals surface area contributed by atoms with Crippen molar-refractivity contribution < 1.29 is 19.0 Å². The SMILES string of the molecule is CCOc1cc(-c2ccccc2C(=O)OC)ccc1-c1nc(N(N)Cc2ccc(OC)cc2)c(N)c(=O)[nH]1. The zero-order valence-electron chi connectivity index (χ0n) is 21.4. The lowest BCUT2D eigenvalue weighted by Crippen LogP contribution is -2.34. The topological polar surface area (TPSA) is 146 Å². The van der Waals surface area contributed by atoms with Gasteiger partial charge in [-0.15, -0.1) is 0 Å². The predicted molar refractivity (Wildman–Crippen MR) is 146 cm³/mol. The molecular formula is C28H29N5O5. The van der Waals surface area contributed by atoms with Crippen molar-refractivity contribution in [2.24, 2.45) is 5.84 Å². The summed E-state index contributed by atoms with van der Waals surface area (Å²) in [5.41, 5.74) is 8.66. The maximum Gasteiger partial charge on any atom is 0.338 e. The van der Waals surface area contributed by atoms with Gasteiger partial charge in [0.15, 0.2) is 5.82 Å². The average molecular weight is 516 g/mol. The molecule has 0 unspecified atom stereocenters. The molecule has 10 heteroatoms. The average Bonchev–Trinajstić information content (AvgIpc) is 2.94. The summed E-state index contributed by atoms with van der Waals surface area (Å²) in [5.74, 6) is 7.39. The Labute approximate surface area is 219 Å². The molecule has 38 heavy (non-hydrogen) atoms. The minimum atomic E-state index is -0.530. The summed E-state index contributed by atoms with van der Waals surface area (Å²) in [7, 11) is 2.93. The van der Waals surface area contributed by atoms with E-state index in [-0.39, 0.29) is 23.9 Å². The number of aromatic nitrogens is 2. The Morgan fingerprint density at radius 1 is 1.03 bits per heavy atom. The number of hydrogen-bond donors (Lipinski definition) is 3. The molecule has 4 rings (SSSR count). The fraction of sp³-hybridized carbons (Fsp3) is 0.179. The molecule has 0 atom stereocenters. The van der Waals surface area contributed by atoms with Crippen molar-refractivity contribution in [3.8, 4) is 34.0 Å². The lowest BCUT2D eigenvalue weighted by Gasteiger charge is -2.20. The molecule has 3 aromatic carbocycles. The van der Waals surface area contributed by atoms with Gasteiger partial charge >= 0.3 is 5.97 Å². The largest absolute Gasteiger partial charge is 0.497 e. The van der Waals surface area contributed by atoms with E-state index >= 15 is 0 Å². The lowest BCUT2D eigenvalue weighted by atomic mass is 9.98. The molecule has 1 aromatic heterocycles. The third kappa shape index (κ3) is 5.45. The number of aromatic amines is 1. The number of rotatable bonds is 9. The Balaban J connectivity index is 1.74. The lowest BCUT2D eigenvalue weighted by molar-refractivity contribution is 0.0601. The van der Waals surface area contributed by atoms with Crippen LogP contribution in [0.2, 0.25) is 0 Å². The summed E-state index contributed by atoms with van der Waals surface area (Å²) in [4.78, 5) is 32.4. The first-order valence-corrected chi connectivity index (χ1v) is 11.9. The number of carbonyl (C=O) groups is 1. The summed E-state index contributed by atoms with van der Waals surface area (Å²) in [6, 6.07) is 19.8. The van der Waals surface area contributed by atoms with Gasteiger partial charge in [-0.2, -0.15) is 0 Å². The van der Waals surface area contributed by atoms with Gasteiger partial charge in [0, 0.05) is 0 Å². The molecule has 4 aromatic rings. The number of anilines is 2. The molecule has 0 spiro atoms. The van der Waals surface area contributed by atoms with Gasteiger partial charge in [0.25, 0.3) is 5.56 Å². The molecule has 0 aliphatic heterocycles. The summed E-state index contributed by atoms with van der Waals surface area (Å²) < 4.78 is 16.0. The van der Waals surface area contributed by atoms with E-state index in [1.165, 1.54) is 12.1 Å². The van der Waals surface area contributed by atoms with Gasteiger partial charge in [0.1, 0.15) is 23.0 Å². The van der Waals surface area contributed by atoms with Gasteiger partial charge in [-0.1, -0.05) is 36.4 Å². The van der Waals surface area contributed by atoms with E-state index in [9.17, 15) is 9.59 Å². The van der Waals surface area contributed by atoms with Crippen LogP contribution < -0.4 is 31.6 Å². The van der Waals surface area contributed by atoms with Gasteiger partial charge in [-0.3, -0.25) is 9.80 Å². The number of hydrazine groups is 1. The molecule has 0 radical (unpaired) electrons. The quantitative estimate of drug-likeness (QED) is 0.172. The standard InChI is InChI=1S/C28H29N5O5/c1-4-38-23-15-18(20-7-5-6-8-21(20)28(35)37-3)11-14-22(23)25-31-26(24(29)27(34)32-25)33(30)16-17-9-12-19(36-2)13-10-17/h5-15H,4,16,29-30H2,1-3H3,(H,31,32,34). The van der Waals surface area contributed by atoms with Crippen LogP contribution in [-0.4, -0.2) is 36.8 Å². The molecule has 10 nitrogen and oxygen atoms in total. The number of ether oxygens (including phenoxy) is 3. The van der Waals surface area contributed by atoms with Gasteiger partial charge < -0.3 is 24.9 Å². The highest BCUT2D eigenvalue weighted by molar-refractivity contribution is 5.97. The number of nitrogen functional groups attached to an aromatic ring is 1. The van der Waals surface area contributed by atoms with Crippen LogP contribution in [0.5, 0.6) is 11.5 Å². The number of nitrogens with two attached hydrogens (primary N) is 2. The maximum atomic E-state index is 12.8. The van der Waals surface area contributed by atoms with Crippen LogP contribution in [0.4, 0.5) is 11.5 Å². The molecule has 0 bridgehead atoms. The van der Waals surface area contributed by atoms with Crippen molar-refractivity contribution in [2.45, 2.75) is 13.5 Å². The highest BCUT2D eigenvalue weighted by Crippen LogP contribution is 2.35. The van der Waals surface area contributed by atoms with Crippen molar-refractivity contribution in [3.63, 3.8) is 0 Å². The minimum Gasteiger partial charge on any atom is -0.497 e. The number of methoxy groups -OCH3 is 2. The Bertz CT molecular complexity index is 1500. The van der Waals surface area contributed by atoms with E-state index in [4.69, 9.17) is 25.8 Å². The summed E-state index contributed by atoms with van der Waals surface area (Å²) in [5, 5.41) is 1.32. The second kappa shape index (κ2) is 11.5. The Hall–Kier alpha value is -4.83. The van der Waals surface area contributed by atoms with E-state index in [2.05, 4.69) is 9.97 Å². The van der Waals surface area contributed by atoms with E-state index in [0.29, 0.717) is 29.0 Å². The van der Waals surface area contributed by atoms with E-state index < -0.39 is 11.5 Å². The molecule has 0 aliphatic rings. The van der Waals surface area contributed by atoms with E-state index in [0.717, 1.165) is 16.9 Å². The van der Waals surface area contributed by atoms with Gasteiger partial charge in [0.2, 0.25) is 0 Å². The molecular weight excluding hydrogens is 486 g/mol. The second-order valence-electron chi connectivity index (χ2n) is 8.31. The maximum absolute atomic E-state index is 12.8. The van der Waals surface area contributed by atoms with Gasteiger partial charge in [0.05, 0.1) is 38.5 Å². The number of hydrogen-bond acceptors (Lipinski definition) is 9. The summed E-state index contributed by atoms with van der Waals surface area (Å²) in [6.07, 6.45) is 0. The molecule has 0 fully saturated rings. The molecule has 0 saturated heterocycles. The second-order valence-corrected chi connectivity index (χ2v) is 8.31. The number of nitrogens with zero attached hydrogens (tertiary/aromatic N) is 2. The van der Waals surface area contributed by atoms with Crippen LogP contribution in [0.3, 0.4) is 0 Å². The fourth-order valence-electron chi connectivity index (χ4n) is 4.00. The van der Waals surface area contributed by atoms with Crippen LogP contribution in [0.1, 0.15) is 22.8 Å². The highest BCUT2D eigenvalue weighted by Gasteiger charge is 2.19.